The Labute approximate surface area is 114 Å². The smallest absolute Gasteiger partial charge is 0.253 e. The summed E-state index contributed by atoms with van der Waals surface area (Å²) in [5.74, 6) is 1.32. The molecule has 1 amide bonds. The molecule has 3 rings (SSSR count). The first-order chi connectivity index (χ1) is 9.06. The van der Waals surface area contributed by atoms with Crippen LogP contribution in [-0.4, -0.2) is 29.9 Å². The Morgan fingerprint density at radius 2 is 2.00 bits per heavy atom. The molecule has 0 spiro atoms. The maximum absolute atomic E-state index is 12.5. The molecule has 0 aromatic heterocycles. The third-order valence-electron chi connectivity index (χ3n) is 4.95. The molecule has 3 heteroatoms. The van der Waals surface area contributed by atoms with Gasteiger partial charge in [0.2, 0.25) is 0 Å². The molecule has 1 saturated heterocycles. The molecule has 3 atom stereocenters. The Morgan fingerprint density at radius 1 is 1.21 bits per heavy atom. The lowest BCUT2D eigenvalue weighted by atomic mass is 9.98. The molecule has 2 aliphatic rings. The highest BCUT2D eigenvalue weighted by Gasteiger charge is 2.42. The molecule has 1 saturated carbocycles. The highest BCUT2D eigenvalue weighted by Crippen LogP contribution is 2.37. The van der Waals surface area contributed by atoms with Gasteiger partial charge in [-0.25, -0.2) is 0 Å². The van der Waals surface area contributed by atoms with E-state index in [1.54, 1.807) is 0 Å². The number of hydrogen-bond acceptors (Lipinski definition) is 2. The summed E-state index contributed by atoms with van der Waals surface area (Å²) in [7, 11) is 0. The molecule has 1 aromatic carbocycles. The molecule has 1 aliphatic carbocycles. The van der Waals surface area contributed by atoms with Crippen LogP contribution in [0, 0.1) is 25.7 Å². The molecule has 2 N–H and O–H groups in total. The summed E-state index contributed by atoms with van der Waals surface area (Å²) in [6.07, 6.45) is 2.31. The first-order valence-corrected chi connectivity index (χ1v) is 7.18. The van der Waals surface area contributed by atoms with Crippen molar-refractivity contribution in [2.45, 2.75) is 32.7 Å². The number of fused-ring (bicyclic) bond motifs is 1. The Bertz CT molecular complexity index is 511. The lowest BCUT2D eigenvalue weighted by Crippen LogP contribution is -2.33. The van der Waals surface area contributed by atoms with Gasteiger partial charge >= 0.3 is 0 Å². The van der Waals surface area contributed by atoms with Crippen LogP contribution in [0.3, 0.4) is 0 Å². The van der Waals surface area contributed by atoms with E-state index < -0.39 is 0 Å². The van der Waals surface area contributed by atoms with E-state index in [4.69, 9.17) is 5.73 Å². The average Bonchev–Trinajstić information content (AvgIpc) is 2.95. The first-order valence-electron chi connectivity index (χ1n) is 7.18. The van der Waals surface area contributed by atoms with E-state index in [9.17, 15) is 4.79 Å². The van der Waals surface area contributed by atoms with Gasteiger partial charge in [0, 0.05) is 24.7 Å². The maximum Gasteiger partial charge on any atom is 0.253 e. The molecule has 102 valence electrons. The number of amides is 1. The topological polar surface area (TPSA) is 46.3 Å². The normalized spacial score (nSPS) is 29.6. The molecule has 1 aromatic rings. The number of nitrogens with two attached hydrogens (primary N) is 1. The van der Waals surface area contributed by atoms with Gasteiger partial charge in [-0.2, -0.15) is 0 Å². The fourth-order valence-corrected chi connectivity index (χ4v) is 3.53. The summed E-state index contributed by atoms with van der Waals surface area (Å²) in [6, 6.07) is 6.28. The highest BCUT2D eigenvalue weighted by molar-refractivity contribution is 5.94. The van der Waals surface area contributed by atoms with Gasteiger partial charge in [0.1, 0.15) is 0 Å². The Kier molecular flexibility index (Phi) is 3.09. The van der Waals surface area contributed by atoms with Crippen molar-refractivity contribution in [2.75, 3.05) is 13.1 Å². The fraction of sp³-hybridized carbons (Fsp3) is 0.562. The summed E-state index contributed by atoms with van der Waals surface area (Å²) >= 11 is 0. The number of benzene rings is 1. The van der Waals surface area contributed by atoms with Gasteiger partial charge in [0.05, 0.1) is 0 Å². The standard InChI is InChI=1S/C16H22N2O/c1-10-3-4-12(7-11(10)2)16(19)18-8-13-5-6-15(17)14(13)9-18/h3-4,7,13-15H,5-6,8-9,17H2,1-2H3. The first kappa shape index (κ1) is 12.7. The number of hydrogen-bond donors (Lipinski definition) is 1. The van der Waals surface area contributed by atoms with E-state index in [-0.39, 0.29) is 5.91 Å². The number of carbonyl (C=O) groups is 1. The molecule has 1 aliphatic heterocycles. The van der Waals surface area contributed by atoms with Gasteiger partial charge in [0.15, 0.2) is 0 Å². The monoisotopic (exact) mass is 258 g/mol. The second-order valence-corrected chi connectivity index (χ2v) is 6.17. The predicted octanol–water partition coefficient (Wildman–Crippen LogP) is 2.11. The molecular formula is C16H22N2O. The number of nitrogens with zero attached hydrogens (tertiary/aromatic N) is 1. The van der Waals surface area contributed by atoms with Gasteiger partial charge in [-0.05, 0) is 61.8 Å². The van der Waals surface area contributed by atoms with Crippen molar-refractivity contribution in [1.29, 1.82) is 0 Å². The van der Waals surface area contributed by atoms with Crippen LogP contribution in [0.4, 0.5) is 0 Å². The lowest BCUT2D eigenvalue weighted by molar-refractivity contribution is 0.0779. The zero-order valence-corrected chi connectivity index (χ0v) is 11.7. The van der Waals surface area contributed by atoms with Crippen LogP contribution in [-0.2, 0) is 0 Å². The highest BCUT2D eigenvalue weighted by atomic mass is 16.2. The van der Waals surface area contributed by atoms with Crippen LogP contribution in [0.2, 0.25) is 0 Å². The van der Waals surface area contributed by atoms with Crippen LogP contribution >= 0.6 is 0 Å². The molecule has 0 bridgehead atoms. The van der Waals surface area contributed by atoms with Crippen molar-refractivity contribution in [3.05, 3.63) is 34.9 Å². The zero-order valence-electron chi connectivity index (χ0n) is 11.7. The van der Waals surface area contributed by atoms with Gasteiger partial charge in [-0.15, -0.1) is 0 Å². The third kappa shape index (κ3) is 2.16. The van der Waals surface area contributed by atoms with Crippen molar-refractivity contribution < 1.29 is 4.79 Å². The number of rotatable bonds is 1. The van der Waals surface area contributed by atoms with Crippen molar-refractivity contribution >= 4 is 5.91 Å². The molecule has 19 heavy (non-hydrogen) atoms. The summed E-state index contributed by atoms with van der Waals surface area (Å²) in [5.41, 5.74) is 9.36. The Balaban J connectivity index is 1.76. The third-order valence-corrected chi connectivity index (χ3v) is 4.95. The molecule has 1 heterocycles. The van der Waals surface area contributed by atoms with Gasteiger partial charge < -0.3 is 10.6 Å². The number of carbonyl (C=O) groups excluding carboxylic acids is 1. The van der Waals surface area contributed by atoms with Crippen LogP contribution in [0.15, 0.2) is 18.2 Å². The molecule has 0 radical (unpaired) electrons. The van der Waals surface area contributed by atoms with Crippen LogP contribution < -0.4 is 5.73 Å². The quantitative estimate of drug-likeness (QED) is 0.838. The van der Waals surface area contributed by atoms with E-state index in [1.807, 2.05) is 23.1 Å². The average molecular weight is 258 g/mol. The van der Waals surface area contributed by atoms with Gasteiger partial charge in [-0.3, -0.25) is 4.79 Å². The Morgan fingerprint density at radius 3 is 2.68 bits per heavy atom. The number of likely N-dealkylation sites (tertiary alicyclic amines) is 1. The summed E-state index contributed by atoms with van der Waals surface area (Å²) in [4.78, 5) is 14.5. The lowest BCUT2D eigenvalue weighted by Gasteiger charge is -2.19. The zero-order chi connectivity index (χ0) is 13.6. The fourth-order valence-electron chi connectivity index (χ4n) is 3.53. The van der Waals surface area contributed by atoms with Crippen molar-refractivity contribution in [3.8, 4) is 0 Å². The molecule has 3 unspecified atom stereocenters. The van der Waals surface area contributed by atoms with Crippen molar-refractivity contribution in [1.82, 2.24) is 4.90 Å². The minimum Gasteiger partial charge on any atom is -0.338 e. The predicted molar refractivity (Wildman–Crippen MR) is 76.0 cm³/mol. The van der Waals surface area contributed by atoms with Crippen LogP contribution in [0.5, 0.6) is 0 Å². The van der Waals surface area contributed by atoms with Crippen LogP contribution in [0.1, 0.15) is 34.3 Å². The van der Waals surface area contributed by atoms with E-state index in [0.717, 1.165) is 25.1 Å². The molecular weight excluding hydrogens is 236 g/mol. The second-order valence-electron chi connectivity index (χ2n) is 6.17. The minimum absolute atomic E-state index is 0.171. The number of aryl methyl sites for hydroxylation is 2. The van der Waals surface area contributed by atoms with E-state index in [0.29, 0.717) is 17.9 Å². The maximum atomic E-state index is 12.5. The summed E-state index contributed by atoms with van der Waals surface area (Å²) in [6.45, 7) is 5.87. The van der Waals surface area contributed by atoms with E-state index in [1.165, 1.54) is 17.5 Å². The second kappa shape index (κ2) is 4.64. The van der Waals surface area contributed by atoms with Gasteiger partial charge in [-0.1, -0.05) is 6.07 Å². The van der Waals surface area contributed by atoms with Crippen molar-refractivity contribution in [2.24, 2.45) is 17.6 Å². The van der Waals surface area contributed by atoms with E-state index >= 15 is 0 Å². The molecule has 2 fully saturated rings. The largest absolute Gasteiger partial charge is 0.338 e. The van der Waals surface area contributed by atoms with Gasteiger partial charge in [0.25, 0.3) is 5.91 Å². The Hall–Kier alpha value is -1.35. The SMILES string of the molecule is Cc1ccc(C(=O)N2CC3CCC(N)C3C2)cc1C. The van der Waals surface area contributed by atoms with Crippen molar-refractivity contribution in [3.63, 3.8) is 0 Å². The molecule has 3 nitrogen and oxygen atoms in total. The minimum atomic E-state index is 0.171. The van der Waals surface area contributed by atoms with E-state index in [2.05, 4.69) is 13.8 Å². The van der Waals surface area contributed by atoms with Crippen LogP contribution in [0.25, 0.3) is 0 Å². The summed E-state index contributed by atoms with van der Waals surface area (Å²) in [5, 5.41) is 0. The summed E-state index contributed by atoms with van der Waals surface area (Å²) < 4.78 is 0.